The second kappa shape index (κ2) is 3.70. The number of hydrogen-bond donors (Lipinski definition) is 0. The van der Waals surface area contributed by atoms with Gasteiger partial charge in [0.1, 0.15) is 11.6 Å². The van der Waals surface area contributed by atoms with Crippen molar-refractivity contribution in [3.05, 3.63) is 41.2 Å². The van der Waals surface area contributed by atoms with E-state index in [2.05, 4.69) is 5.10 Å². The molecule has 0 saturated heterocycles. The normalized spacial score (nSPS) is 10.8. The maximum atomic E-state index is 13.6. The van der Waals surface area contributed by atoms with E-state index in [4.69, 9.17) is 0 Å². The van der Waals surface area contributed by atoms with E-state index in [1.54, 1.807) is 25.6 Å². The molecule has 0 aliphatic rings. The van der Waals surface area contributed by atoms with Crippen molar-refractivity contribution in [2.45, 2.75) is 13.8 Å². The van der Waals surface area contributed by atoms with E-state index < -0.39 is 11.6 Å². The van der Waals surface area contributed by atoms with Gasteiger partial charge in [-0.3, -0.25) is 4.68 Å². The Morgan fingerprint density at radius 3 is 2.06 bits per heavy atom. The summed E-state index contributed by atoms with van der Waals surface area (Å²) in [7, 11) is 1.75. The fourth-order valence-electron chi connectivity index (χ4n) is 1.87. The third kappa shape index (κ3) is 1.50. The lowest BCUT2D eigenvalue weighted by Crippen LogP contribution is -1.94. The van der Waals surface area contributed by atoms with Crippen LogP contribution in [0.2, 0.25) is 0 Å². The Morgan fingerprint density at radius 1 is 1.06 bits per heavy atom. The van der Waals surface area contributed by atoms with E-state index in [-0.39, 0.29) is 5.56 Å². The van der Waals surface area contributed by atoms with Crippen LogP contribution in [-0.4, -0.2) is 9.78 Å². The number of aryl methyl sites for hydroxylation is 2. The molecule has 0 aliphatic carbocycles. The Balaban J connectivity index is 2.77. The Morgan fingerprint density at radius 2 is 1.62 bits per heavy atom. The maximum Gasteiger partial charge on any atom is 0.134 e. The van der Waals surface area contributed by atoms with Crippen molar-refractivity contribution >= 4 is 0 Å². The van der Waals surface area contributed by atoms with Gasteiger partial charge in [0.15, 0.2) is 0 Å². The van der Waals surface area contributed by atoms with Crippen LogP contribution < -0.4 is 0 Å². The molecule has 2 aromatic rings. The summed E-state index contributed by atoms with van der Waals surface area (Å²) in [4.78, 5) is 0. The second-order valence-electron chi connectivity index (χ2n) is 3.77. The summed E-state index contributed by atoms with van der Waals surface area (Å²) in [6, 6.07) is 3.86. The molecule has 1 aromatic heterocycles. The zero-order valence-electron chi connectivity index (χ0n) is 9.38. The van der Waals surface area contributed by atoms with Gasteiger partial charge in [0.05, 0.1) is 11.3 Å². The maximum absolute atomic E-state index is 13.6. The monoisotopic (exact) mass is 222 g/mol. The molecule has 16 heavy (non-hydrogen) atoms. The minimum Gasteiger partial charge on any atom is -0.272 e. The molecule has 0 fully saturated rings. The largest absolute Gasteiger partial charge is 0.272 e. The molecule has 2 nitrogen and oxygen atoms in total. The molecule has 0 atom stereocenters. The minimum absolute atomic E-state index is 0.00519. The first-order chi connectivity index (χ1) is 7.52. The molecule has 1 heterocycles. The number of hydrogen-bond acceptors (Lipinski definition) is 1. The van der Waals surface area contributed by atoms with E-state index >= 15 is 0 Å². The molecule has 1 aromatic carbocycles. The average Bonchev–Trinajstić information content (AvgIpc) is 2.44. The van der Waals surface area contributed by atoms with Crippen LogP contribution in [0, 0.1) is 25.5 Å². The first kappa shape index (κ1) is 10.8. The van der Waals surface area contributed by atoms with Crippen molar-refractivity contribution in [2.75, 3.05) is 0 Å². The fourth-order valence-corrected chi connectivity index (χ4v) is 1.87. The highest BCUT2D eigenvalue weighted by atomic mass is 19.1. The molecule has 0 saturated carbocycles. The highest BCUT2D eigenvalue weighted by Crippen LogP contribution is 2.30. The first-order valence-electron chi connectivity index (χ1n) is 4.97. The topological polar surface area (TPSA) is 17.8 Å². The van der Waals surface area contributed by atoms with Crippen LogP contribution in [0.15, 0.2) is 18.2 Å². The molecule has 84 valence electrons. The Kier molecular flexibility index (Phi) is 2.50. The van der Waals surface area contributed by atoms with Crippen LogP contribution >= 0.6 is 0 Å². The summed E-state index contributed by atoms with van der Waals surface area (Å²) in [6.07, 6.45) is 0. The van der Waals surface area contributed by atoms with Gasteiger partial charge >= 0.3 is 0 Å². The SMILES string of the molecule is Cc1nn(C)c(C)c1-c1c(F)cccc1F. The predicted molar refractivity (Wildman–Crippen MR) is 58.0 cm³/mol. The van der Waals surface area contributed by atoms with Crippen molar-refractivity contribution in [1.29, 1.82) is 0 Å². The van der Waals surface area contributed by atoms with Crippen LogP contribution in [0.4, 0.5) is 8.78 Å². The summed E-state index contributed by atoms with van der Waals surface area (Å²) in [6.45, 7) is 3.54. The van der Waals surface area contributed by atoms with E-state index in [1.165, 1.54) is 18.2 Å². The third-order valence-corrected chi connectivity index (χ3v) is 2.72. The average molecular weight is 222 g/mol. The summed E-state index contributed by atoms with van der Waals surface area (Å²) in [5, 5.41) is 4.15. The summed E-state index contributed by atoms with van der Waals surface area (Å²) in [5.41, 5.74) is 1.93. The van der Waals surface area contributed by atoms with E-state index in [0.717, 1.165) is 5.69 Å². The van der Waals surface area contributed by atoms with Gasteiger partial charge in [0, 0.05) is 18.3 Å². The van der Waals surface area contributed by atoms with Crippen LogP contribution in [-0.2, 0) is 7.05 Å². The molecule has 2 rings (SSSR count). The molecular formula is C12H12F2N2. The number of benzene rings is 1. The second-order valence-corrected chi connectivity index (χ2v) is 3.77. The predicted octanol–water partition coefficient (Wildman–Crippen LogP) is 2.98. The summed E-state index contributed by atoms with van der Waals surface area (Å²) < 4.78 is 28.9. The lowest BCUT2D eigenvalue weighted by atomic mass is 10.0. The quantitative estimate of drug-likeness (QED) is 0.725. The molecule has 4 heteroatoms. The number of halogens is 2. The molecule has 0 N–H and O–H groups in total. The summed E-state index contributed by atoms with van der Waals surface area (Å²) in [5.74, 6) is -1.11. The molecule has 0 aliphatic heterocycles. The molecule has 0 radical (unpaired) electrons. The number of rotatable bonds is 1. The Bertz CT molecular complexity index is 524. The van der Waals surface area contributed by atoms with E-state index in [1.807, 2.05) is 0 Å². The third-order valence-electron chi connectivity index (χ3n) is 2.72. The van der Waals surface area contributed by atoms with Crippen molar-refractivity contribution in [2.24, 2.45) is 7.05 Å². The highest BCUT2D eigenvalue weighted by molar-refractivity contribution is 5.69. The van der Waals surface area contributed by atoms with Gasteiger partial charge in [-0.25, -0.2) is 8.78 Å². The van der Waals surface area contributed by atoms with E-state index in [9.17, 15) is 8.78 Å². The standard InChI is InChI=1S/C12H12F2N2/c1-7-11(8(2)16(3)15-7)12-9(13)5-4-6-10(12)14/h4-6H,1-3H3. The molecule has 0 bridgehead atoms. The van der Waals surface area contributed by atoms with Crippen LogP contribution in [0.25, 0.3) is 11.1 Å². The lowest BCUT2D eigenvalue weighted by molar-refractivity contribution is 0.589. The highest BCUT2D eigenvalue weighted by Gasteiger charge is 2.18. The van der Waals surface area contributed by atoms with Gasteiger partial charge < -0.3 is 0 Å². The molecule has 0 unspecified atom stereocenters. The fraction of sp³-hybridized carbons (Fsp3) is 0.250. The minimum atomic E-state index is -0.556. The Labute approximate surface area is 92.5 Å². The van der Waals surface area contributed by atoms with Gasteiger partial charge in [-0.05, 0) is 26.0 Å². The number of aromatic nitrogens is 2. The van der Waals surface area contributed by atoms with Crippen molar-refractivity contribution in [1.82, 2.24) is 9.78 Å². The van der Waals surface area contributed by atoms with E-state index in [0.29, 0.717) is 11.3 Å². The van der Waals surface area contributed by atoms with Gasteiger partial charge in [-0.1, -0.05) is 6.07 Å². The zero-order chi connectivity index (χ0) is 11.9. The molecule has 0 spiro atoms. The van der Waals surface area contributed by atoms with Crippen LogP contribution in [0.3, 0.4) is 0 Å². The molecular weight excluding hydrogens is 210 g/mol. The van der Waals surface area contributed by atoms with Gasteiger partial charge in [0.25, 0.3) is 0 Å². The zero-order valence-corrected chi connectivity index (χ0v) is 9.38. The van der Waals surface area contributed by atoms with Crippen LogP contribution in [0.5, 0.6) is 0 Å². The van der Waals surface area contributed by atoms with Gasteiger partial charge in [-0.15, -0.1) is 0 Å². The Hall–Kier alpha value is -1.71. The van der Waals surface area contributed by atoms with Crippen molar-refractivity contribution in [3.63, 3.8) is 0 Å². The smallest absolute Gasteiger partial charge is 0.134 e. The van der Waals surface area contributed by atoms with Crippen molar-refractivity contribution in [3.8, 4) is 11.1 Å². The van der Waals surface area contributed by atoms with Crippen molar-refractivity contribution < 1.29 is 8.78 Å². The van der Waals surface area contributed by atoms with Gasteiger partial charge in [-0.2, -0.15) is 5.10 Å². The molecule has 0 amide bonds. The first-order valence-corrected chi connectivity index (χ1v) is 4.97. The lowest BCUT2D eigenvalue weighted by Gasteiger charge is -2.05. The number of nitrogens with zero attached hydrogens (tertiary/aromatic N) is 2. The van der Waals surface area contributed by atoms with Gasteiger partial charge in [0.2, 0.25) is 0 Å². The van der Waals surface area contributed by atoms with Crippen LogP contribution in [0.1, 0.15) is 11.4 Å². The summed E-state index contributed by atoms with van der Waals surface area (Å²) >= 11 is 0.